The van der Waals surface area contributed by atoms with E-state index < -0.39 is 15.4 Å². The molecule has 0 radical (unpaired) electrons. The predicted octanol–water partition coefficient (Wildman–Crippen LogP) is 1.12. The summed E-state index contributed by atoms with van der Waals surface area (Å²) in [7, 11) is -2.84. The maximum absolute atomic E-state index is 11.1. The summed E-state index contributed by atoms with van der Waals surface area (Å²) in [6.45, 7) is 1.66. The van der Waals surface area contributed by atoms with Crippen LogP contribution in [0.1, 0.15) is 39.0 Å². The van der Waals surface area contributed by atoms with Gasteiger partial charge in [0.2, 0.25) is 0 Å². The molecule has 0 aromatic rings. The van der Waals surface area contributed by atoms with Crippen LogP contribution < -0.4 is 0 Å². The van der Waals surface area contributed by atoms with Crippen molar-refractivity contribution in [1.29, 1.82) is 0 Å². The molecule has 1 N–H and O–H groups in total. The minimum absolute atomic E-state index is 0.214. The highest BCUT2D eigenvalue weighted by atomic mass is 32.2. The lowest BCUT2D eigenvalue weighted by molar-refractivity contribution is -0.0403. The molecular formula is C9H18O3S. The fourth-order valence-corrected chi connectivity index (χ4v) is 2.47. The number of sulfone groups is 1. The minimum Gasteiger partial charge on any atom is -0.390 e. The molecule has 13 heavy (non-hydrogen) atoms. The Morgan fingerprint density at radius 2 is 2.00 bits per heavy atom. The number of hydrogen-bond donors (Lipinski definition) is 1. The van der Waals surface area contributed by atoms with Crippen LogP contribution in [0.4, 0.5) is 0 Å². The van der Waals surface area contributed by atoms with Crippen molar-refractivity contribution in [3.8, 4) is 0 Å². The summed E-state index contributed by atoms with van der Waals surface area (Å²) < 4.78 is 22.2. The van der Waals surface area contributed by atoms with Crippen molar-refractivity contribution in [3.05, 3.63) is 0 Å². The largest absolute Gasteiger partial charge is 0.390 e. The quantitative estimate of drug-likeness (QED) is 0.733. The highest BCUT2D eigenvalue weighted by Gasteiger charge is 2.33. The van der Waals surface area contributed by atoms with Crippen molar-refractivity contribution < 1.29 is 13.5 Å². The van der Waals surface area contributed by atoms with Crippen LogP contribution in [0, 0.1) is 0 Å². The molecule has 0 aromatic heterocycles. The highest BCUT2D eigenvalue weighted by molar-refractivity contribution is 7.91. The second-order valence-electron chi connectivity index (χ2n) is 3.92. The molecule has 0 atom stereocenters. The van der Waals surface area contributed by atoms with Gasteiger partial charge in [-0.3, -0.25) is 0 Å². The van der Waals surface area contributed by atoms with Crippen molar-refractivity contribution in [2.24, 2.45) is 0 Å². The SMILES string of the molecule is CCS(=O)(=O)CCCC1(O)CCC1. The van der Waals surface area contributed by atoms with Gasteiger partial charge in [-0.25, -0.2) is 8.42 Å². The van der Waals surface area contributed by atoms with Gasteiger partial charge < -0.3 is 5.11 Å². The first-order valence-corrected chi connectivity index (χ1v) is 6.72. The molecule has 78 valence electrons. The van der Waals surface area contributed by atoms with Gasteiger partial charge >= 0.3 is 0 Å². The van der Waals surface area contributed by atoms with Gasteiger partial charge in [0.1, 0.15) is 9.84 Å². The number of aliphatic hydroxyl groups is 1. The van der Waals surface area contributed by atoms with Crippen LogP contribution in [0.15, 0.2) is 0 Å². The van der Waals surface area contributed by atoms with E-state index in [1.165, 1.54) is 0 Å². The second-order valence-corrected chi connectivity index (χ2v) is 6.39. The van der Waals surface area contributed by atoms with Gasteiger partial charge in [-0.15, -0.1) is 0 Å². The minimum atomic E-state index is -2.84. The molecule has 4 heteroatoms. The van der Waals surface area contributed by atoms with E-state index >= 15 is 0 Å². The lowest BCUT2D eigenvalue weighted by Gasteiger charge is -2.36. The van der Waals surface area contributed by atoms with Gasteiger partial charge in [0.15, 0.2) is 0 Å². The molecule has 0 spiro atoms. The molecule has 1 aliphatic rings. The Morgan fingerprint density at radius 3 is 2.38 bits per heavy atom. The van der Waals surface area contributed by atoms with Crippen LogP contribution in [-0.2, 0) is 9.84 Å². The van der Waals surface area contributed by atoms with Crippen LogP contribution in [-0.4, -0.2) is 30.6 Å². The van der Waals surface area contributed by atoms with E-state index in [9.17, 15) is 13.5 Å². The Hall–Kier alpha value is -0.0900. The van der Waals surface area contributed by atoms with E-state index in [2.05, 4.69) is 0 Å². The Bertz CT molecular complexity index is 252. The Morgan fingerprint density at radius 1 is 1.38 bits per heavy atom. The summed E-state index contributed by atoms with van der Waals surface area (Å²) in [5, 5.41) is 9.68. The summed E-state index contributed by atoms with van der Waals surface area (Å²) in [5.74, 6) is 0.442. The smallest absolute Gasteiger partial charge is 0.150 e. The number of hydrogen-bond acceptors (Lipinski definition) is 3. The summed E-state index contributed by atoms with van der Waals surface area (Å²) in [4.78, 5) is 0. The van der Waals surface area contributed by atoms with E-state index in [1.54, 1.807) is 6.92 Å². The summed E-state index contributed by atoms with van der Waals surface area (Å²) >= 11 is 0. The molecule has 1 aliphatic carbocycles. The Balaban J connectivity index is 2.21. The summed E-state index contributed by atoms with van der Waals surface area (Å²) in [6.07, 6.45) is 4.02. The Labute approximate surface area is 80.1 Å². The van der Waals surface area contributed by atoms with Gasteiger partial charge in [0, 0.05) is 5.75 Å². The van der Waals surface area contributed by atoms with Crippen LogP contribution >= 0.6 is 0 Å². The number of rotatable bonds is 5. The molecule has 0 heterocycles. The van der Waals surface area contributed by atoms with Crippen LogP contribution in [0.2, 0.25) is 0 Å². The van der Waals surface area contributed by atoms with Crippen molar-refractivity contribution in [2.45, 2.75) is 44.6 Å². The van der Waals surface area contributed by atoms with Crippen molar-refractivity contribution in [3.63, 3.8) is 0 Å². The van der Waals surface area contributed by atoms with E-state index in [-0.39, 0.29) is 11.5 Å². The summed E-state index contributed by atoms with van der Waals surface area (Å²) in [6, 6.07) is 0. The summed E-state index contributed by atoms with van der Waals surface area (Å²) in [5.41, 5.74) is -0.525. The topological polar surface area (TPSA) is 54.4 Å². The highest BCUT2D eigenvalue weighted by Crippen LogP contribution is 2.35. The normalized spacial score (nSPS) is 21.1. The van der Waals surface area contributed by atoms with Gasteiger partial charge in [-0.1, -0.05) is 6.92 Å². The van der Waals surface area contributed by atoms with Crippen LogP contribution in [0.3, 0.4) is 0 Å². The standard InChI is InChI=1S/C9H18O3S/c1-2-13(11,12)8-4-7-9(10)5-3-6-9/h10H,2-8H2,1H3. The van der Waals surface area contributed by atoms with Crippen molar-refractivity contribution >= 4 is 9.84 Å². The van der Waals surface area contributed by atoms with Gasteiger partial charge in [-0.2, -0.15) is 0 Å². The monoisotopic (exact) mass is 206 g/mol. The zero-order valence-corrected chi connectivity index (χ0v) is 8.94. The average molecular weight is 206 g/mol. The first kappa shape index (κ1) is 11.0. The predicted molar refractivity (Wildman–Crippen MR) is 52.4 cm³/mol. The molecule has 0 unspecified atom stereocenters. The Kier molecular flexibility index (Phi) is 3.35. The average Bonchev–Trinajstić information content (AvgIpc) is 2.01. The molecule has 3 nitrogen and oxygen atoms in total. The lowest BCUT2D eigenvalue weighted by Crippen LogP contribution is -2.36. The third-order valence-corrected chi connectivity index (χ3v) is 4.61. The molecule has 0 amide bonds. The second kappa shape index (κ2) is 3.96. The van der Waals surface area contributed by atoms with Gasteiger partial charge in [0.25, 0.3) is 0 Å². The zero-order chi connectivity index (χ0) is 9.95. The van der Waals surface area contributed by atoms with Crippen molar-refractivity contribution in [1.82, 2.24) is 0 Å². The van der Waals surface area contributed by atoms with Gasteiger partial charge in [-0.05, 0) is 32.1 Å². The fraction of sp³-hybridized carbons (Fsp3) is 1.00. The molecule has 0 saturated heterocycles. The lowest BCUT2D eigenvalue weighted by atomic mass is 9.77. The van der Waals surface area contributed by atoms with E-state index in [0.717, 1.165) is 19.3 Å². The maximum atomic E-state index is 11.1. The first-order valence-electron chi connectivity index (χ1n) is 4.90. The molecule has 1 rings (SSSR count). The molecule has 0 aliphatic heterocycles. The zero-order valence-electron chi connectivity index (χ0n) is 8.12. The van der Waals surface area contributed by atoms with Gasteiger partial charge in [0.05, 0.1) is 11.4 Å². The van der Waals surface area contributed by atoms with E-state index in [4.69, 9.17) is 0 Å². The fourth-order valence-electron chi connectivity index (χ4n) is 1.60. The third-order valence-electron chi connectivity index (χ3n) is 2.82. The molecule has 1 saturated carbocycles. The van der Waals surface area contributed by atoms with Crippen LogP contribution in [0.5, 0.6) is 0 Å². The molecular weight excluding hydrogens is 188 g/mol. The van der Waals surface area contributed by atoms with Crippen LogP contribution in [0.25, 0.3) is 0 Å². The van der Waals surface area contributed by atoms with Crippen molar-refractivity contribution in [2.75, 3.05) is 11.5 Å². The molecule has 0 bridgehead atoms. The van der Waals surface area contributed by atoms with E-state index in [0.29, 0.717) is 12.8 Å². The van der Waals surface area contributed by atoms with E-state index in [1.807, 2.05) is 0 Å². The molecule has 1 fully saturated rings. The molecule has 0 aromatic carbocycles. The maximum Gasteiger partial charge on any atom is 0.150 e. The first-order chi connectivity index (χ1) is 5.97. The third kappa shape index (κ3) is 3.27.